The Morgan fingerprint density at radius 2 is 0.955 bits per heavy atom. The van der Waals surface area contributed by atoms with Crippen LogP contribution in [0.15, 0.2) is 24.3 Å². The Labute approximate surface area is 538 Å². The molecule has 0 unspecified atom stereocenters. The second kappa shape index (κ2) is 52.6. The van der Waals surface area contributed by atoms with Crippen LogP contribution < -0.4 is 30.2 Å². The second-order valence-corrected chi connectivity index (χ2v) is 27.2. The Bertz CT molecular complexity index is 1890. The molecule has 2 heterocycles. The van der Waals surface area contributed by atoms with Crippen LogP contribution in [0.3, 0.4) is 0 Å². The number of hydrogen-bond acceptors (Lipinski definition) is 18. The molecule has 2 aliphatic heterocycles. The van der Waals surface area contributed by atoms with Crippen molar-refractivity contribution in [3.63, 3.8) is 0 Å². The summed E-state index contributed by atoms with van der Waals surface area (Å²) in [5.74, 6) is -1.02. The van der Waals surface area contributed by atoms with Crippen molar-refractivity contribution in [1.82, 2.24) is 10.6 Å². The first-order chi connectivity index (χ1) is 42.9. The maximum absolute atomic E-state index is 14.1. The number of unbranched alkanes of at least 4 members (excludes halogenated alkanes) is 30. The molecule has 0 bridgehead atoms. The summed E-state index contributed by atoms with van der Waals surface area (Å²) in [5.41, 5.74) is 0.648. The van der Waals surface area contributed by atoms with E-state index in [2.05, 4.69) is 57.1 Å². The molecule has 0 saturated carbocycles. The summed E-state index contributed by atoms with van der Waals surface area (Å²) in [4.78, 5) is 78.0. The van der Waals surface area contributed by atoms with Gasteiger partial charge in [0.05, 0.1) is 35.0 Å². The van der Waals surface area contributed by atoms with Gasteiger partial charge in [0.25, 0.3) is 0 Å². The van der Waals surface area contributed by atoms with E-state index in [0.717, 1.165) is 161 Å². The predicted molar refractivity (Wildman–Crippen MR) is 342 cm³/mol. The molecule has 89 heavy (non-hydrogen) atoms. The van der Waals surface area contributed by atoms with E-state index >= 15 is 0 Å². The minimum Gasteiger partial charge on any atom is -0.790 e. The number of hydrogen-bond donors (Lipinski definition) is 3. The third kappa shape index (κ3) is 41.0. The van der Waals surface area contributed by atoms with Gasteiger partial charge in [-0.25, -0.2) is 0 Å². The highest BCUT2D eigenvalue weighted by atomic mass is 31.2. The van der Waals surface area contributed by atoms with Gasteiger partial charge in [-0.2, -0.15) is 0 Å². The zero-order chi connectivity index (χ0) is 65.4. The zero-order valence-electron chi connectivity index (χ0n) is 56.1. The number of ether oxygens (including phenoxy) is 7. The lowest BCUT2D eigenvalue weighted by Crippen LogP contribution is -2.68. The number of amides is 2. The van der Waals surface area contributed by atoms with Gasteiger partial charge in [0, 0.05) is 40.3 Å². The van der Waals surface area contributed by atoms with Crippen LogP contribution in [0, 0.1) is 0 Å². The van der Waals surface area contributed by atoms with E-state index in [0.29, 0.717) is 31.3 Å². The first-order valence-electron chi connectivity index (χ1n) is 35.1. The number of phosphoric acid groups is 2. The predicted octanol–water partition coefficient (Wildman–Crippen LogP) is 12.1. The highest BCUT2D eigenvalue weighted by Gasteiger charge is 2.52. The van der Waals surface area contributed by atoms with E-state index in [-0.39, 0.29) is 38.8 Å². The van der Waals surface area contributed by atoms with Gasteiger partial charge in [-0.05, 0) is 64.2 Å². The Morgan fingerprint density at radius 3 is 1.48 bits per heavy atom. The third-order valence-corrected chi connectivity index (χ3v) is 17.9. The summed E-state index contributed by atoms with van der Waals surface area (Å²) < 4.78 is 78.3. The maximum Gasteiger partial charge on any atom is 0.224 e. The van der Waals surface area contributed by atoms with Crippen molar-refractivity contribution in [1.29, 1.82) is 0 Å². The second-order valence-electron chi connectivity index (χ2n) is 25.0. The highest BCUT2D eigenvalue weighted by molar-refractivity contribution is 7.43. The Balaban J connectivity index is 2.45. The Kier molecular flexibility index (Phi) is 49.3. The molecule has 0 radical (unpaired) electrons. The van der Waals surface area contributed by atoms with Gasteiger partial charge in [0.1, 0.15) is 48.7 Å². The highest BCUT2D eigenvalue weighted by Crippen LogP contribution is 2.39. The molecule has 524 valence electrons. The number of aliphatic hydroxyl groups is 1. The lowest BCUT2D eigenvalue weighted by atomic mass is 9.95. The van der Waals surface area contributed by atoms with Crippen LogP contribution in [0.4, 0.5) is 0 Å². The summed E-state index contributed by atoms with van der Waals surface area (Å²) >= 11 is 0. The molecule has 22 heteroatoms. The minimum absolute atomic E-state index is 0.0281. The fourth-order valence-electron chi connectivity index (χ4n) is 11.8. The fourth-order valence-corrected chi connectivity index (χ4v) is 12.8. The number of phosphoric ester groups is 2. The molecule has 2 fully saturated rings. The SMILES string of the molecule is C=C(CCCCCCCCCCC)CC(=O)N[C@H]1[C@H](OP(=O)([O-])[O-])O[C@H](CO[C@@H]2O[C@H](COC)[C@@H](OP(=O)([O-])[O-])[C@H](OCC[C@H](CCCCCCC)OC)[C@H]2NC(=O)CCCCCCCCC/C=C\CCCCCC)[C@@H](O)[C@@H]1OCCCCCCCCCC. The van der Waals surface area contributed by atoms with Crippen LogP contribution in [-0.2, 0) is 60.9 Å². The van der Waals surface area contributed by atoms with Crippen molar-refractivity contribution in [3.8, 4) is 0 Å². The Morgan fingerprint density at radius 1 is 0.506 bits per heavy atom. The standard InChI is InChI=1S/C67H128N2O18P2/c1-8-12-16-20-23-26-27-28-29-30-31-33-35-39-43-47-58(70)68-61-65(82-50-48-55(80-7)46-42-37-19-15-11-4)63(86-88(73,74)75)57(52-79-6)85-66(61)83-53-56-62(72)64(81-49-44-40-36-25-22-18-14-10-3)60(67(84-56)87-89(76,77)78)69-59(71)51-54(5)45-41-38-34-32-24-21-17-13-9-2/h26-27,55-57,60-67,72H,5,8-25,28-53H2,1-4,6-7H3,(H,68,70)(H,69,71)(H2,73,74,75)(H2,76,77,78)/p-4/b27-26-/t55-,56+,57+,60+,61+,62+,63+,64+,65+,66+,67-/m0/s1. The molecule has 11 atom stereocenters. The molecule has 2 aliphatic rings. The number of carbonyl (C=O) groups is 2. The largest absolute Gasteiger partial charge is 0.790 e. The van der Waals surface area contributed by atoms with E-state index in [4.69, 9.17) is 42.2 Å². The molecular weight excluding hydrogens is 1180 g/mol. The van der Waals surface area contributed by atoms with Gasteiger partial charge < -0.3 is 86.6 Å². The number of aliphatic hydroxyl groups excluding tert-OH is 1. The average molecular weight is 1310 g/mol. The summed E-state index contributed by atoms with van der Waals surface area (Å²) in [6.45, 7) is 11.9. The van der Waals surface area contributed by atoms with E-state index in [1.165, 1.54) is 64.9 Å². The van der Waals surface area contributed by atoms with Crippen molar-refractivity contribution < 1.29 is 85.6 Å². The molecule has 2 amide bonds. The van der Waals surface area contributed by atoms with Crippen molar-refractivity contribution in [2.45, 2.75) is 352 Å². The van der Waals surface area contributed by atoms with Crippen LogP contribution in [0.5, 0.6) is 0 Å². The summed E-state index contributed by atoms with van der Waals surface area (Å²) in [6.07, 6.45) is 30.5. The van der Waals surface area contributed by atoms with Crippen molar-refractivity contribution in [3.05, 3.63) is 24.3 Å². The minimum atomic E-state index is -5.85. The molecule has 2 rings (SSSR count). The fraction of sp³-hybridized carbons (Fsp3) is 0.910. The lowest BCUT2D eigenvalue weighted by Gasteiger charge is -2.49. The third-order valence-electron chi connectivity index (χ3n) is 16.9. The van der Waals surface area contributed by atoms with E-state index in [9.17, 15) is 43.4 Å². The van der Waals surface area contributed by atoms with Gasteiger partial charge in [-0.1, -0.05) is 232 Å². The van der Waals surface area contributed by atoms with Crippen LogP contribution >= 0.6 is 15.6 Å². The zero-order valence-corrected chi connectivity index (χ0v) is 57.9. The average Bonchev–Trinajstić information content (AvgIpc) is 1.77. The number of methoxy groups -OCH3 is 2. The lowest BCUT2D eigenvalue weighted by molar-refractivity contribution is -0.365. The first-order valence-corrected chi connectivity index (χ1v) is 38.0. The van der Waals surface area contributed by atoms with E-state index < -0.39 is 95.4 Å². The summed E-state index contributed by atoms with van der Waals surface area (Å²) in [7, 11) is -8.68. The van der Waals surface area contributed by atoms with Gasteiger partial charge in [-0.15, -0.1) is 0 Å². The summed E-state index contributed by atoms with van der Waals surface area (Å²) in [6, 6.07) is -2.87. The van der Waals surface area contributed by atoms with Gasteiger partial charge in [0.15, 0.2) is 12.6 Å². The maximum atomic E-state index is 14.1. The topological polar surface area (TPSA) is 288 Å². The molecule has 0 aromatic carbocycles. The van der Waals surface area contributed by atoms with Crippen molar-refractivity contribution in [2.24, 2.45) is 0 Å². The molecule has 2 saturated heterocycles. The molecule has 20 nitrogen and oxygen atoms in total. The van der Waals surface area contributed by atoms with Crippen molar-refractivity contribution in [2.75, 3.05) is 40.6 Å². The van der Waals surface area contributed by atoms with Gasteiger partial charge in [0.2, 0.25) is 11.8 Å². The number of carbonyl (C=O) groups excluding carboxylic acids is 2. The molecule has 0 spiro atoms. The van der Waals surface area contributed by atoms with Gasteiger partial charge >= 0.3 is 0 Å². The van der Waals surface area contributed by atoms with Crippen LogP contribution in [0.25, 0.3) is 0 Å². The monoisotopic (exact) mass is 1310 g/mol. The number of nitrogens with one attached hydrogen (secondary N) is 2. The molecule has 3 N–H and O–H groups in total. The quantitative estimate of drug-likeness (QED) is 0.0290. The Hall–Kier alpha value is -1.68. The molecule has 0 aliphatic carbocycles. The number of allylic oxidation sites excluding steroid dienone is 2. The van der Waals surface area contributed by atoms with E-state index in [1.807, 2.05) is 0 Å². The van der Waals surface area contributed by atoms with Crippen LogP contribution in [0.1, 0.15) is 285 Å². The smallest absolute Gasteiger partial charge is 0.224 e. The summed E-state index contributed by atoms with van der Waals surface area (Å²) in [5, 5.41) is 18.0. The molecule has 0 aromatic heterocycles. The number of rotatable bonds is 59. The van der Waals surface area contributed by atoms with Crippen molar-refractivity contribution >= 4 is 27.5 Å². The van der Waals surface area contributed by atoms with Crippen LogP contribution in [-0.4, -0.2) is 125 Å². The normalized spacial score (nSPS) is 22.9. The van der Waals surface area contributed by atoms with Gasteiger partial charge in [-0.3, -0.25) is 9.59 Å². The molecule has 0 aromatic rings. The van der Waals surface area contributed by atoms with Crippen LogP contribution in [0.2, 0.25) is 0 Å². The molecular formula is C67H124N2O18P2-4. The first kappa shape index (κ1) is 83.4. The van der Waals surface area contributed by atoms with E-state index in [1.54, 1.807) is 7.11 Å².